The number of amides is 1. The van der Waals surface area contributed by atoms with Crippen molar-refractivity contribution in [3.63, 3.8) is 0 Å². The minimum atomic E-state index is -0.129. The standard InChI is InChI=1S/C17H14BrN3O/c1-12-10-11-21(20-12)16-8-6-15(7-9-16)19-17(22)13-2-4-14(18)5-3-13/h2-11H,1H3,(H,19,22). The van der Waals surface area contributed by atoms with E-state index >= 15 is 0 Å². The number of rotatable bonds is 3. The van der Waals surface area contributed by atoms with Gasteiger partial charge in [0.2, 0.25) is 0 Å². The summed E-state index contributed by atoms with van der Waals surface area (Å²) in [6.45, 7) is 1.95. The topological polar surface area (TPSA) is 46.9 Å². The van der Waals surface area contributed by atoms with Crippen molar-refractivity contribution >= 4 is 27.5 Å². The molecular weight excluding hydrogens is 342 g/mol. The summed E-state index contributed by atoms with van der Waals surface area (Å²) >= 11 is 3.35. The Morgan fingerprint density at radius 2 is 1.73 bits per heavy atom. The number of hydrogen-bond donors (Lipinski definition) is 1. The number of aryl methyl sites for hydroxylation is 1. The van der Waals surface area contributed by atoms with Gasteiger partial charge in [-0.1, -0.05) is 15.9 Å². The van der Waals surface area contributed by atoms with E-state index in [2.05, 4.69) is 26.3 Å². The van der Waals surface area contributed by atoms with Crippen molar-refractivity contribution in [1.82, 2.24) is 9.78 Å². The minimum absolute atomic E-state index is 0.129. The third-order valence-electron chi connectivity index (χ3n) is 3.22. The summed E-state index contributed by atoms with van der Waals surface area (Å²) in [6, 6.07) is 16.8. The number of benzene rings is 2. The van der Waals surface area contributed by atoms with E-state index in [-0.39, 0.29) is 5.91 Å². The number of carbonyl (C=O) groups excluding carboxylic acids is 1. The molecule has 0 unspecified atom stereocenters. The molecule has 22 heavy (non-hydrogen) atoms. The van der Waals surface area contributed by atoms with Crippen LogP contribution in [0.15, 0.2) is 65.3 Å². The van der Waals surface area contributed by atoms with E-state index in [1.54, 1.807) is 16.8 Å². The SMILES string of the molecule is Cc1ccn(-c2ccc(NC(=O)c3ccc(Br)cc3)cc2)n1. The van der Waals surface area contributed by atoms with Crippen molar-refractivity contribution in [2.24, 2.45) is 0 Å². The highest BCUT2D eigenvalue weighted by molar-refractivity contribution is 9.10. The largest absolute Gasteiger partial charge is 0.322 e. The molecule has 0 spiro atoms. The van der Waals surface area contributed by atoms with Crippen LogP contribution < -0.4 is 5.32 Å². The molecule has 0 saturated heterocycles. The molecule has 0 aliphatic rings. The van der Waals surface area contributed by atoms with Crippen LogP contribution in [0.4, 0.5) is 5.69 Å². The highest BCUT2D eigenvalue weighted by Crippen LogP contribution is 2.15. The van der Waals surface area contributed by atoms with Crippen LogP contribution in [-0.2, 0) is 0 Å². The molecule has 3 aromatic rings. The predicted octanol–water partition coefficient (Wildman–Crippen LogP) is 4.20. The lowest BCUT2D eigenvalue weighted by atomic mass is 10.2. The molecule has 5 heteroatoms. The molecule has 1 amide bonds. The third kappa shape index (κ3) is 3.26. The lowest BCUT2D eigenvalue weighted by molar-refractivity contribution is 0.102. The van der Waals surface area contributed by atoms with Crippen LogP contribution in [-0.4, -0.2) is 15.7 Å². The van der Waals surface area contributed by atoms with Crippen LogP contribution in [0, 0.1) is 6.92 Å². The van der Waals surface area contributed by atoms with Gasteiger partial charge in [-0.05, 0) is 61.5 Å². The Morgan fingerprint density at radius 3 is 2.32 bits per heavy atom. The van der Waals surface area contributed by atoms with Crippen molar-refractivity contribution in [3.8, 4) is 5.69 Å². The molecule has 4 nitrogen and oxygen atoms in total. The van der Waals surface area contributed by atoms with E-state index in [9.17, 15) is 4.79 Å². The molecule has 0 aliphatic carbocycles. The fraction of sp³-hybridized carbons (Fsp3) is 0.0588. The second kappa shape index (κ2) is 6.15. The van der Waals surface area contributed by atoms with Crippen LogP contribution in [0.3, 0.4) is 0 Å². The Morgan fingerprint density at radius 1 is 1.05 bits per heavy atom. The number of halogens is 1. The van der Waals surface area contributed by atoms with Crippen molar-refractivity contribution in [2.75, 3.05) is 5.32 Å². The van der Waals surface area contributed by atoms with Gasteiger partial charge in [-0.25, -0.2) is 4.68 Å². The van der Waals surface area contributed by atoms with Gasteiger partial charge in [0.15, 0.2) is 0 Å². The maximum absolute atomic E-state index is 12.1. The molecule has 1 N–H and O–H groups in total. The summed E-state index contributed by atoms with van der Waals surface area (Å²) in [5, 5.41) is 7.23. The van der Waals surface area contributed by atoms with Crippen molar-refractivity contribution in [2.45, 2.75) is 6.92 Å². The van der Waals surface area contributed by atoms with Gasteiger partial charge in [-0.2, -0.15) is 5.10 Å². The first-order chi connectivity index (χ1) is 10.6. The Kier molecular flexibility index (Phi) is 4.06. The normalized spacial score (nSPS) is 10.5. The predicted molar refractivity (Wildman–Crippen MR) is 90.4 cm³/mol. The van der Waals surface area contributed by atoms with E-state index in [4.69, 9.17) is 0 Å². The van der Waals surface area contributed by atoms with Crippen molar-refractivity contribution in [1.29, 1.82) is 0 Å². The van der Waals surface area contributed by atoms with Crippen LogP contribution in [0.25, 0.3) is 5.69 Å². The molecule has 0 aliphatic heterocycles. The first kappa shape index (κ1) is 14.5. The molecule has 0 fully saturated rings. The Balaban J connectivity index is 1.73. The molecule has 2 aromatic carbocycles. The summed E-state index contributed by atoms with van der Waals surface area (Å²) in [7, 11) is 0. The number of carbonyl (C=O) groups is 1. The average molecular weight is 356 g/mol. The van der Waals surface area contributed by atoms with E-state index in [0.29, 0.717) is 5.56 Å². The second-order valence-corrected chi connectivity index (χ2v) is 5.83. The van der Waals surface area contributed by atoms with Crippen molar-refractivity contribution < 1.29 is 4.79 Å². The van der Waals surface area contributed by atoms with Gasteiger partial charge in [0.25, 0.3) is 5.91 Å². The van der Waals surface area contributed by atoms with Gasteiger partial charge in [-0.3, -0.25) is 4.79 Å². The van der Waals surface area contributed by atoms with E-state index in [1.165, 1.54) is 0 Å². The second-order valence-electron chi connectivity index (χ2n) is 4.91. The van der Waals surface area contributed by atoms with Crippen LogP contribution in [0.1, 0.15) is 16.1 Å². The van der Waals surface area contributed by atoms with Gasteiger partial charge in [-0.15, -0.1) is 0 Å². The number of hydrogen-bond acceptors (Lipinski definition) is 2. The summed E-state index contributed by atoms with van der Waals surface area (Å²) in [4.78, 5) is 12.1. The number of aromatic nitrogens is 2. The quantitative estimate of drug-likeness (QED) is 0.765. The zero-order valence-corrected chi connectivity index (χ0v) is 13.5. The van der Waals surface area contributed by atoms with E-state index in [1.807, 2.05) is 55.6 Å². The maximum Gasteiger partial charge on any atom is 0.255 e. The fourth-order valence-corrected chi connectivity index (χ4v) is 2.33. The lowest BCUT2D eigenvalue weighted by Gasteiger charge is -2.07. The van der Waals surface area contributed by atoms with Crippen LogP contribution in [0.5, 0.6) is 0 Å². The van der Waals surface area contributed by atoms with E-state index < -0.39 is 0 Å². The van der Waals surface area contributed by atoms with Gasteiger partial charge >= 0.3 is 0 Å². The molecule has 1 heterocycles. The Labute approximate surface area is 136 Å². The Hall–Kier alpha value is -2.40. The third-order valence-corrected chi connectivity index (χ3v) is 3.75. The number of nitrogens with zero attached hydrogens (tertiary/aromatic N) is 2. The van der Waals surface area contributed by atoms with Crippen LogP contribution in [0.2, 0.25) is 0 Å². The molecule has 0 radical (unpaired) electrons. The number of nitrogens with one attached hydrogen (secondary N) is 1. The maximum atomic E-state index is 12.1. The highest BCUT2D eigenvalue weighted by Gasteiger charge is 2.06. The molecule has 0 saturated carbocycles. The fourth-order valence-electron chi connectivity index (χ4n) is 2.06. The van der Waals surface area contributed by atoms with Crippen LogP contribution >= 0.6 is 15.9 Å². The summed E-state index contributed by atoms with van der Waals surface area (Å²) in [5.41, 5.74) is 3.29. The molecular formula is C17H14BrN3O. The molecule has 110 valence electrons. The zero-order chi connectivity index (χ0) is 15.5. The number of anilines is 1. The monoisotopic (exact) mass is 355 g/mol. The molecule has 1 aromatic heterocycles. The molecule has 3 rings (SSSR count). The molecule has 0 bridgehead atoms. The van der Waals surface area contributed by atoms with Crippen molar-refractivity contribution in [3.05, 3.63) is 76.5 Å². The highest BCUT2D eigenvalue weighted by atomic mass is 79.9. The first-order valence-electron chi connectivity index (χ1n) is 6.81. The zero-order valence-electron chi connectivity index (χ0n) is 12.0. The smallest absolute Gasteiger partial charge is 0.255 e. The van der Waals surface area contributed by atoms with Gasteiger partial charge in [0, 0.05) is 21.9 Å². The van der Waals surface area contributed by atoms with Gasteiger partial charge in [0.1, 0.15) is 0 Å². The van der Waals surface area contributed by atoms with Gasteiger partial charge in [0.05, 0.1) is 11.4 Å². The summed E-state index contributed by atoms with van der Waals surface area (Å²) < 4.78 is 2.75. The lowest BCUT2D eigenvalue weighted by Crippen LogP contribution is -2.11. The minimum Gasteiger partial charge on any atom is -0.322 e. The average Bonchev–Trinajstić information content (AvgIpc) is 2.95. The van der Waals surface area contributed by atoms with Gasteiger partial charge < -0.3 is 5.32 Å². The summed E-state index contributed by atoms with van der Waals surface area (Å²) in [5.74, 6) is -0.129. The first-order valence-corrected chi connectivity index (χ1v) is 7.61. The molecule has 0 atom stereocenters. The Bertz CT molecular complexity index is 792. The summed E-state index contributed by atoms with van der Waals surface area (Å²) in [6.07, 6.45) is 1.91. The van der Waals surface area contributed by atoms with E-state index in [0.717, 1.165) is 21.5 Å².